The van der Waals surface area contributed by atoms with Gasteiger partial charge in [0, 0.05) is 26.1 Å². The molecule has 2 aromatic rings. The number of fused-ring (bicyclic) bond motifs is 1. The molecule has 27 heavy (non-hydrogen) atoms. The summed E-state index contributed by atoms with van der Waals surface area (Å²) in [4.78, 5) is 16.0. The molecule has 3 rings (SSSR count). The van der Waals surface area contributed by atoms with Gasteiger partial charge in [-0.15, -0.1) is 24.0 Å². The van der Waals surface area contributed by atoms with Crippen molar-refractivity contribution in [1.82, 2.24) is 16.0 Å². The van der Waals surface area contributed by atoms with Crippen LogP contribution in [0.2, 0.25) is 0 Å². The zero-order valence-electron chi connectivity index (χ0n) is 16.0. The maximum Gasteiger partial charge on any atom is 0.220 e. The van der Waals surface area contributed by atoms with Gasteiger partial charge < -0.3 is 16.0 Å². The number of aliphatic imine (C=N–C) groups is 1. The Balaban J connectivity index is 0.00000261. The number of hydrogen-bond acceptors (Lipinski definition) is 2. The fourth-order valence-corrected chi connectivity index (χ4v) is 2.94. The van der Waals surface area contributed by atoms with Crippen LogP contribution in [0.25, 0.3) is 10.8 Å². The largest absolute Gasteiger partial charge is 0.356 e. The third-order valence-electron chi connectivity index (χ3n) is 4.67. The molecule has 1 atom stereocenters. The molecule has 1 saturated carbocycles. The average molecular weight is 480 g/mol. The Labute approximate surface area is 178 Å². The van der Waals surface area contributed by atoms with Crippen LogP contribution in [0.15, 0.2) is 47.5 Å². The normalized spacial score (nSPS) is 15.0. The number of hydrogen-bond donors (Lipinski definition) is 3. The molecule has 146 valence electrons. The number of nitrogens with one attached hydrogen (secondary N) is 3. The maximum absolute atomic E-state index is 11.7. The van der Waals surface area contributed by atoms with E-state index in [4.69, 9.17) is 0 Å². The van der Waals surface area contributed by atoms with Gasteiger partial charge in [0.15, 0.2) is 5.96 Å². The van der Waals surface area contributed by atoms with E-state index in [1.54, 1.807) is 7.05 Å². The molecule has 1 aliphatic carbocycles. The number of carbonyl (C=O) groups excluding carboxylic acids is 1. The molecule has 1 unspecified atom stereocenters. The number of carbonyl (C=O) groups is 1. The van der Waals surface area contributed by atoms with Gasteiger partial charge in [-0.1, -0.05) is 36.4 Å². The molecular weight excluding hydrogens is 451 g/mol. The quantitative estimate of drug-likeness (QED) is 0.245. The maximum atomic E-state index is 11.7. The Morgan fingerprint density at radius 1 is 1.19 bits per heavy atom. The van der Waals surface area contributed by atoms with E-state index in [0.717, 1.165) is 31.8 Å². The van der Waals surface area contributed by atoms with E-state index in [2.05, 4.69) is 70.3 Å². The Hall–Kier alpha value is -1.83. The third-order valence-corrected chi connectivity index (χ3v) is 4.67. The molecule has 0 aliphatic heterocycles. The van der Waals surface area contributed by atoms with Gasteiger partial charge in [0.2, 0.25) is 5.91 Å². The lowest BCUT2D eigenvalue weighted by Crippen LogP contribution is -2.39. The van der Waals surface area contributed by atoms with E-state index in [-0.39, 0.29) is 35.9 Å². The molecule has 5 nitrogen and oxygen atoms in total. The zero-order chi connectivity index (χ0) is 18.4. The number of halogens is 1. The van der Waals surface area contributed by atoms with Crippen LogP contribution in [0.1, 0.15) is 44.2 Å². The van der Waals surface area contributed by atoms with Crippen LogP contribution in [0.4, 0.5) is 0 Å². The van der Waals surface area contributed by atoms with Crippen LogP contribution in [-0.4, -0.2) is 31.5 Å². The van der Waals surface area contributed by atoms with E-state index >= 15 is 0 Å². The molecule has 0 saturated heterocycles. The molecule has 6 heteroatoms. The first-order chi connectivity index (χ1) is 12.7. The summed E-state index contributed by atoms with van der Waals surface area (Å²) in [6.45, 7) is 2.85. The molecule has 1 fully saturated rings. The lowest BCUT2D eigenvalue weighted by molar-refractivity contribution is -0.121. The smallest absolute Gasteiger partial charge is 0.220 e. The monoisotopic (exact) mass is 480 g/mol. The van der Waals surface area contributed by atoms with Crippen molar-refractivity contribution in [1.29, 1.82) is 0 Å². The van der Waals surface area contributed by atoms with Gasteiger partial charge in [-0.3, -0.25) is 9.79 Å². The van der Waals surface area contributed by atoms with Gasteiger partial charge in [-0.2, -0.15) is 0 Å². The van der Waals surface area contributed by atoms with Crippen LogP contribution < -0.4 is 16.0 Å². The van der Waals surface area contributed by atoms with Crippen molar-refractivity contribution in [2.24, 2.45) is 4.99 Å². The van der Waals surface area contributed by atoms with Crippen molar-refractivity contribution in [2.45, 2.75) is 44.7 Å². The second-order valence-corrected chi connectivity index (χ2v) is 6.92. The lowest BCUT2D eigenvalue weighted by atomic mass is 10.0. The second-order valence-electron chi connectivity index (χ2n) is 6.92. The van der Waals surface area contributed by atoms with Crippen LogP contribution >= 0.6 is 24.0 Å². The summed E-state index contributed by atoms with van der Waals surface area (Å²) < 4.78 is 0. The summed E-state index contributed by atoms with van der Waals surface area (Å²) in [5, 5.41) is 12.2. The summed E-state index contributed by atoms with van der Waals surface area (Å²) in [5.74, 6) is 0.912. The summed E-state index contributed by atoms with van der Waals surface area (Å²) in [7, 11) is 1.77. The van der Waals surface area contributed by atoms with Crippen LogP contribution in [0.3, 0.4) is 0 Å². The van der Waals surface area contributed by atoms with E-state index < -0.39 is 0 Å². The standard InChI is InChI=1S/C21H28N4O.HI/c1-15(17-10-9-16-6-3-4-7-18(16)14-17)24-21(22-2)23-13-5-8-20(26)25-19-11-12-19;/h3-4,6-7,9-10,14-15,19H,5,8,11-13H2,1-2H3,(H,25,26)(H2,22,23,24);1H. The van der Waals surface area contributed by atoms with Gasteiger partial charge >= 0.3 is 0 Å². The first kappa shape index (κ1) is 21.5. The van der Waals surface area contributed by atoms with Crippen LogP contribution in [0.5, 0.6) is 0 Å². The highest BCUT2D eigenvalue weighted by Crippen LogP contribution is 2.20. The molecule has 3 N–H and O–H groups in total. The zero-order valence-corrected chi connectivity index (χ0v) is 18.3. The van der Waals surface area contributed by atoms with Gasteiger partial charge in [0.05, 0.1) is 6.04 Å². The van der Waals surface area contributed by atoms with Crippen molar-refractivity contribution in [3.63, 3.8) is 0 Å². The molecular formula is C21H29IN4O. The van der Waals surface area contributed by atoms with Gasteiger partial charge in [0.1, 0.15) is 0 Å². The minimum Gasteiger partial charge on any atom is -0.356 e. The average Bonchev–Trinajstić information content (AvgIpc) is 3.47. The highest BCUT2D eigenvalue weighted by atomic mass is 127. The summed E-state index contributed by atoms with van der Waals surface area (Å²) >= 11 is 0. The Kier molecular flexibility index (Phi) is 8.34. The molecule has 1 amide bonds. The first-order valence-corrected chi connectivity index (χ1v) is 9.41. The van der Waals surface area contributed by atoms with Crippen molar-refractivity contribution >= 4 is 46.6 Å². The van der Waals surface area contributed by atoms with E-state index in [0.29, 0.717) is 12.5 Å². The molecule has 0 heterocycles. The molecule has 2 aromatic carbocycles. The fourth-order valence-electron chi connectivity index (χ4n) is 2.94. The van der Waals surface area contributed by atoms with Gasteiger partial charge in [-0.05, 0) is 48.6 Å². The number of amides is 1. The Morgan fingerprint density at radius 2 is 1.93 bits per heavy atom. The van der Waals surface area contributed by atoms with Crippen LogP contribution in [0, 0.1) is 0 Å². The SMILES string of the molecule is CN=C(NCCCC(=O)NC1CC1)NC(C)c1ccc2ccccc2c1.I. The molecule has 0 spiro atoms. The van der Waals surface area contributed by atoms with Crippen molar-refractivity contribution in [3.05, 3.63) is 48.0 Å². The second kappa shape index (κ2) is 10.5. The summed E-state index contributed by atoms with van der Waals surface area (Å²) in [5.41, 5.74) is 1.22. The van der Waals surface area contributed by atoms with Crippen molar-refractivity contribution in [3.8, 4) is 0 Å². The topological polar surface area (TPSA) is 65.5 Å². The molecule has 0 bridgehead atoms. The number of nitrogens with zero attached hydrogens (tertiary/aromatic N) is 1. The van der Waals surface area contributed by atoms with Crippen molar-refractivity contribution < 1.29 is 4.79 Å². The highest BCUT2D eigenvalue weighted by Gasteiger charge is 2.22. The minimum atomic E-state index is 0. The predicted molar refractivity (Wildman–Crippen MR) is 123 cm³/mol. The molecule has 0 radical (unpaired) electrons. The minimum absolute atomic E-state index is 0. The number of guanidine groups is 1. The summed E-state index contributed by atoms with van der Waals surface area (Å²) in [6, 6.07) is 15.5. The number of benzene rings is 2. The lowest BCUT2D eigenvalue weighted by Gasteiger charge is -2.18. The fraction of sp³-hybridized carbons (Fsp3) is 0.429. The molecule has 0 aromatic heterocycles. The van der Waals surface area contributed by atoms with Crippen LogP contribution in [-0.2, 0) is 4.79 Å². The Morgan fingerprint density at radius 3 is 2.63 bits per heavy atom. The highest BCUT2D eigenvalue weighted by molar-refractivity contribution is 14.0. The van der Waals surface area contributed by atoms with E-state index in [1.165, 1.54) is 16.3 Å². The predicted octanol–water partition coefficient (Wildman–Crippen LogP) is 3.74. The van der Waals surface area contributed by atoms with Gasteiger partial charge in [0.25, 0.3) is 0 Å². The first-order valence-electron chi connectivity index (χ1n) is 9.41. The summed E-state index contributed by atoms with van der Waals surface area (Å²) in [6.07, 6.45) is 3.62. The Bertz CT molecular complexity index is 789. The van der Waals surface area contributed by atoms with Gasteiger partial charge in [-0.25, -0.2) is 0 Å². The third kappa shape index (κ3) is 6.68. The van der Waals surface area contributed by atoms with E-state index in [9.17, 15) is 4.79 Å². The number of rotatable bonds is 7. The van der Waals surface area contributed by atoms with E-state index in [1.807, 2.05) is 0 Å². The molecule has 1 aliphatic rings. The van der Waals surface area contributed by atoms with Crippen molar-refractivity contribution in [2.75, 3.05) is 13.6 Å².